The number of rotatable bonds is 36. The van der Waals surface area contributed by atoms with Crippen LogP contribution in [-0.2, 0) is 33.6 Å². The third-order valence-electron chi connectivity index (χ3n) is 30.8. The molecule has 0 atom stereocenters. The Morgan fingerprint density at radius 2 is 0.600 bits per heavy atom. The molecule has 5 amide bonds. The molecule has 0 unspecified atom stereocenters. The molecule has 1 heterocycles. The van der Waals surface area contributed by atoms with Crippen LogP contribution in [0.1, 0.15) is 353 Å². The summed E-state index contributed by atoms with van der Waals surface area (Å²) in [7, 11) is 6.86. The monoisotopic (exact) mass is 2040 g/mol. The van der Waals surface area contributed by atoms with E-state index in [4.69, 9.17) is 0 Å². The number of allylic oxidation sites excluding steroid dienone is 45. The Kier molecular flexibility index (Phi) is 51.7. The molecule has 1 aromatic carbocycles. The molecule has 9 rings (SSSR count). The molecular formula is C137H195N5O8. The molecule has 0 N–H and O–H groups in total. The van der Waals surface area contributed by atoms with Gasteiger partial charge in [0.15, 0.2) is 17.3 Å². The lowest BCUT2D eigenvalue weighted by molar-refractivity contribution is -0.133. The van der Waals surface area contributed by atoms with Crippen molar-refractivity contribution in [1.29, 1.82) is 0 Å². The Bertz CT molecular complexity index is 5500. The van der Waals surface area contributed by atoms with Crippen LogP contribution in [0.25, 0.3) is 0 Å². The molecule has 2 saturated carbocycles. The molecular weight excluding hydrogens is 1840 g/mol. The highest BCUT2D eigenvalue weighted by molar-refractivity contribution is 6.01. The van der Waals surface area contributed by atoms with E-state index in [0.717, 1.165) is 76.8 Å². The zero-order valence-electron chi connectivity index (χ0n) is 99.7. The van der Waals surface area contributed by atoms with Crippen LogP contribution in [0.5, 0.6) is 0 Å². The van der Waals surface area contributed by atoms with E-state index in [0.29, 0.717) is 18.7 Å². The van der Waals surface area contributed by atoms with E-state index in [-0.39, 0.29) is 104 Å². The van der Waals surface area contributed by atoms with E-state index in [1.54, 1.807) is 68.6 Å². The summed E-state index contributed by atoms with van der Waals surface area (Å²) < 4.78 is 0. The molecule has 8 aliphatic rings. The number of Topliss-reactive ketones (excluding diaryl/α,β-unsaturated/α-hetero) is 3. The smallest absolute Gasteiger partial charge is 0.247 e. The number of likely N-dealkylation sites (N-methyl/N-ethyl adjacent to an activating group) is 4. The fraction of sp³-hybridized carbons (Fsp3) is 0.504. The van der Waals surface area contributed by atoms with Gasteiger partial charge in [-0.05, 0) is 327 Å². The molecule has 7 aliphatic carbocycles. The Morgan fingerprint density at radius 3 is 0.867 bits per heavy atom. The fourth-order valence-electron chi connectivity index (χ4n) is 19.6. The van der Waals surface area contributed by atoms with Crippen molar-refractivity contribution in [3.8, 4) is 0 Å². The predicted octanol–water partition coefficient (Wildman–Crippen LogP) is 33.8. The molecule has 0 bridgehead atoms. The third-order valence-corrected chi connectivity index (χ3v) is 30.8. The fourth-order valence-corrected chi connectivity index (χ4v) is 19.6. The van der Waals surface area contributed by atoms with Crippen molar-refractivity contribution >= 4 is 46.9 Å². The Hall–Kier alpha value is -11.4. The second-order valence-corrected chi connectivity index (χ2v) is 49.1. The summed E-state index contributed by atoms with van der Waals surface area (Å²) in [4.78, 5) is 106. The van der Waals surface area contributed by atoms with Gasteiger partial charge < -0.3 is 24.5 Å². The molecule has 0 aromatic heterocycles. The number of piperidine rings is 1. The van der Waals surface area contributed by atoms with E-state index >= 15 is 0 Å². The summed E-state index contributed by atoms with van der Waals surface area (Å²) in [5, 5.41) is 0. The Balaban J connectivity index is 0.000000330. The molecule has 13 heteroatoms. The van der Waals surface area contributed by atoms with Crippen LogP contribution in [0.15, 0.2) is 348 Å². The van der Waals surface area contributed by atoms with Crippen molar-refractivity contribution in [2.75, 3.05) is 67.5 Å². The summed E-state index contributed by atoms with van der Waals surface area (Å²) in [6, 6.07) is 9.04. The molecule has 1 saturated heterocycles. The molecule has 816 valence electrons. The zero-order chi connectivity index (χ0) is 113. The van der Waals surface area contributed by atoms with Gasteiger partial charge in [0.1, 0.15) is 0 Å². The minimum atomic E-state index is -0.440. The van der Waals surface area contributed by atoms with Gasteiger partial charge in [-0.2, -0.15) is 0 Å². The number of hydrogen-bond donors (Lipinski definition) is 0. The van der Waals surface area contributed by atoms with Crippen LogP contribution in [-0.4, -0.2) is 139 Å². The number of ketones is 3. The van der Waals surface area contributed by atoms with E-state index in [1.807, 2.05) is 159 Å². The van der Waals surface area contributed by atoms with Gasteiger partial charge in [0.2, 0.25) is 29.5 Å². The second-order valence-electron chi connectivity index (χ2n) is 49.1. The van der Waals surface area contributed by atoms with Gasteiger partial charge in [-0.3, -0.25) is 38.4 Å². The van der Waals surface area contributed by atoms with Crippen molar-refractivity contribution in [1.82, 2.24) is 24.5 Å². The van der Waals surface area contributed by atoms with Crippen molar-refractivity contribution in [2.24, 2.45) is 43.3 Å². The lowest BCUT2D eigenvalue weighted by Crippen LogP contribution is -2.36. The van der Waals surface area contributed by atoms with Crippen LogP contribution < -0.4 is 0 Å². The lowest BCUT2D eigenvalue weighted by atomic mass is 9.72. The van der Waals surface area contributed by atoms with Crippen molar-refractivity contribution < 1.29 is 38.4 Å². The van der Waals surface area contributed by atoms with Crippen LogP contribution in [0, 0.1) is 43.3 Å². The Morgan fingerprint density at radius 1 is 0.333 bits per heavy atom. The van der Waals surface area contributed by atoms with Crippen LogP contribution in [0.4, 0.5) is 0 Å². The van der Waals surface area contributed by atoms with Gasteiger partial charge in [0.25, 0.3) is 0 Å². The van der Waals surface area contributed by atoms with E-state index in [9.17, 15) is 38.4 Å². The van der Waals surface area contributed by atoms with Gasteiger partial charge in [-0.1, -0.05) is 366 Å². The first kappa shape index (κ1) is 129. The van der Waals surface area contributed by atoms with Crippen molar-refractivity contribution in [3.63, 3.8) is 0 Å². The summed E-state index contributed by atoms with van der Waals surface area (Å²) >= 11 is 0. The number of benzene rings is 1. The van der Waals surface area contributed by atoms with Crippen LogP contribution >= 0.6 is 0 Å². The largest absolute Gasteiger partial charge is 0.338 e. The molecule has 150 heavy (non-hydrogen) atoms. The summed E-state index contributed by atoms with van der Waals surface area (Å²) in [5.41, 5.74) is 29.1. The quantitative estimate of drug-likeness (QED) is 0.0279. The summed E-state index contributed by atoms with van der Waals surface area (Å²) in [6.45, 7) is 75.3. The highest BCUT2D eigenvalue weighted by atomic mass is 16.2. The molecule has 0 spiro atoms. The molecule has 0 radical (unpaired) electrons. The first-order valence-electron chi connectivity index (χ1n) is 55.3. The summed E-state index contributed by atoms with van der Waals surface area (Å²) in [5.74, 6) is -0.197. The lowest BCUT2D eigenvalue weighted by Gasteiger charge is -2.33. The zero-order valence-corrected chi connectivity index (χ0v) is 99.7. The first-order chi connectivity index (χ1) is 69.9. The third kappa shape index (κ3) is 45.6. The van der Waals surface area contributed by atoms with Gasteiger partial charge in [-0.25, -0.2) is 0 Å². The average molecular weight is 2040 g/mol. The normalized spacial score (nSPS) is 20.0. The number of likely N-dealkylation sites (tertiary alicyclic amines) is 1. The molecule has 13 nitrogen and oxygen atoms in total. The maximum absolute atomic E-state index is 12.4. The average Bonchev–Trinajstić information content (AvgIpc) is 1.62. The SMILES string of the molecule is C=C(CN(C)C(=O)/C=C(C)/C=C/C=C(C)\C=C\C1=C(C)CCCC1(C)C)C1(C)CC1.C=C1CCCN(C(=O)/C=C(C)/C=C/C=C(C)\C=C\C2=C(C)CCCC2(C)C)C1.CC1=C(/C=C/C(C)=C\C=C\C(C)=C\C(=O)N(C)CC(=O)C(C)(C)C)C(C)(C)CCC1.CC1=C(/C=C/C(C)=C\C=C\C(C)=C\C(=O)N(C)CC(=O)C2(C)CC2)C(C)(C)CCC1.CC1=C(/C=C/C(C)=C\C=C\C(C)=C\C(=O)N(C)CC(=O)c2ccccc2)C(C)(C)CCC1. The topological polar surface area (TPSA) is 153 Å². The van der Waals surface area contributed by atoms with E-state index in [2.05, 4.69) is 244 Å². The maximum Gasteiger partial charge on any atom is 0.247 e. The highest BCUT2D eigenvalue weighted by Gasteiger charge is 2.45. The number of hydrogen-bond acceptors (Lipinski definition) is 8. The first-order valence-corrected chi connectivity index (χ1v) is 55.3. The number of carbonyl (C=O) groups excluding carboxylic acids is 8. The van der Waals surface area contributed by atoms with Gasteiger partial charge in [0, 0.05) is 94.6 Å². The number of carbonyl (C=O) groups is 8. The summed E-state index contributed by atoms with van der Waals surface area (Å²) in [6.07, 6.45) is 85.6. The van der Waals surface area contributed by atoms with E-state index in [1.165, 1.54) is 202 Å². The predicted molar refractivity (Wildman–Crippen MR) is 640 cm³/mol. The molecule has 3 fully saturated rings. The van der Waals surface area contributed by atoms with Gasteiger partial charge in [0.05, 0.1) is 19.6 Å². The Labute approximate surface area is 911 Å². The molecule has 1 aliphatic heterocycles. The van der Waals surface area contributed by atoms with Crippen molar-refractivity contribution in [2.45, 2.75) is 343 Å². The van der Waals surface area contributed by atoms with Crippen LogP contribution in [0.2, 0.25) is 0 Å². The maximum atomic E-state index is 12.4. The number of nitrogens with zero attached hydrogens (tertiary/aromatic N) is 5. The van der Waals surface area contributed by atoms with Crippen molar-refractivity contribution in [3.05, 3.63) is 354 Å². The molecule has 1 aromatic rings. The van der Waals surface area contributed by atoms with Gasteiger partial charge >= 0.3 is 0 Å². The van der Waals surface area contributed by atoms with E-state index < -0.39 is 5.41 Å². The minimum Gasteiger partial charge on any atom is -0.338 e. The van der Waals surface area contributed by atoms with Crippen LogP contribution in [0.3, 0.4) is 0 Å². The minimum absolute atomic E-state index is 0.0325. The highest BCUT2D eigenvalue weighted by Crippen LogP contribution is 2.52. The second kappa shape index (κ2) is 60.1. The van der Waals surface area contributed by atoms with Gasteiger partial charge in [-0.15, -0.1) is 0 Å². The number of amides is 5. The standard InChI is InChI=1S/C29H37NO2.C28H41NO.C27H39NO2.C27H41NO2.C26H37NO/c1-22(17-18-26-24(3)14-11-19-29(26,4)5)12-10-13-23(2)20-28(32)30(6)21-27(31)25-15-8-7-9-16-25;1-21(14-15-25-23(3)13-10-16-27(25,5)6)11-9-12-22(2)19-26(30)29(8)20-24(4)28(7)17-18-28;1-20(13-14-23-22(3)12-9-15-26(23,4)5)10-8-11-21(2)18-25(30)28(7)19-24(29)27(6)16-17-27;1-20(15-16-23-22(3)14-11-17-27(23,7)8)12-10-13-21(2)18-25(30)28(9)19-24(29)26(4,5)6;1-20(14-15-24-23(4)13-8-16-26(24,5)6)10-7-11-21(2)18-25(28)27-17-9-12-22(3)19-27/h7-10,12-13,15-18,20H,11,14,19,21H2,1-6H3;9,11-12,14-15,19H,4,10,13,16-18,20H2,1-3,5-8H3;8,10-11,13-14,18H,9,12,15-17,19H2,1-7H3;10,12-13,15-16,18H,11,14,17,19H2,1-9H3;7,10-11,14-15,18H,3,8-9,12-13,16-17,19H2,1-2,4-6H3/b13-10+,18-17+,22-12-,23-20+;12-9+,15-14+,21-11-,22-19+;11-8+,14-13+,20-10-,21-18+;13-10+,16-15+,20-12-,21-18+;11-7+,15-14+,20-10-,21-18+.